The number of hydrogen-bond donors (Lipinski definition) is 1. The Kier molecular flexibility index (Phi) is 2.67. The number of nitrogens with two attached hydrogens (primary N) is 1. The molecule has 5 heteroatoms. The van der Waals surface area contributed by atoms with Gasteiger partial charge in [-0.05, 0) is 6.92 Å². The number of aromatic nitrogens is 1. The van der Waals surface area contributed by atoms with Gasteiger partial charge in [0.15, 0.2) is 11.6 Å². The van der Waals surface area contributed by atoms with Crippen molar-refractivity contribution in [3.63, 3.8) is 0 Å². The molecule has 1 aromatic rings. The lowest BCUT2D eigenvalue weighted by molar-refractivity contribution is 0.0963. The highest BCUT2D eigenvalue weighted by atomic mass is 19.1. The number of rotatable bonds is 2. The molecule has 0 radical (unpaired) electrons. The van der Waals surface area contributed by atoms with Gasteiger partial charge in [0.2, 0.25) is 5.95 Å². The Balaban J connectivity index is 3.13. The lowest BCUT2D eigenvalue weighted by Gasteiger charge is -2.04. The molecule has 1 atom stereocenters. The monoisotopic (exact) mass is 186 g/mol. The number of nitrogens with zero attached hydrogens (tertiary/aromatic N) is 1. The normalized spacial score (nSPS) is 12.6. The maximum Gasteiger partial charge on any atom is 0.213 e. The van der Waals surface area contributed by atoms with Crippen LogP contribution in [0.3, 0.4) is 0 Å². The van der Waals surface area contributed by atoms with Crippen molar-refractivity contribution >= 4 is 5.78 Å². The predicted molar refractivity (Wildman–Crippen MR) is 42.1 cm³/mol. The number of carbonyl (C=O) groups excluding carboxylic acids is 1. The van der Waals surface area contributed by atoms with Crippen molar-refractivity contribution in [1.29, 1.82) is 0 Å². The average Bonchev–Trinajstić information content (AvgIpc) is 2.08. The molecule has 0 amide bonds. The summed E-state index contributed by atoms with van der Waals surface area (Å²) in [5.74, 6) is -2.40. The molecule has 13 heavy (non-hydrogen) atoms. The fraction of sp³-hybridized carbons (Fsp3) is 0.250. The third kappa shape index (κ3) is 2.06. The van der Waals surface area contributed by atoms with E-state index in [1.807, 2.05) is 0 Å². The number of carbonyl (C=O) groups is 1. The Morgan fingerprint density at radius 1 is 1.62 bits per heavy atom. The van der Waals surface area contributed by atoms with Crippen LogP contribution < -0.4 is 5.73 Å². The summed E-state index contributed by atoms with van der Waals surface area (Å²) in [7, 11) is 0. The van der Waals surface area contributed by atoms with Gasteiger partial charge in [0.1, 0.15) is 0 Å². The molecular formula is C8H8F2N2O. The molecule has 1 unspecified atom stereocenters. The van der Waals surface area contributed by atoms with E-state index in [0.29, 0.717) is 6.20 Å². The van der Waals surface area contributed by atoms with E-state index >= 15 is 0 Å². The minimum Gasteiger partial charge on any atom is -0.321 e. The van der Waals surface area contributed by atoms with Crippen molar-refractivity contribution in [2.45, 2.75) is 13.0 Å². The van der Waals surface area contributed by atoms with Crippen molar-refractivity contribution in [1.82, 2.24) is 4.98 Å². The Bertz CT molecular complexity index is 339. The average molecular weight is 186 g/mol. The van der Waals surface area contributed by atoms with E-state index in [1.165, 1.54) is 6.92 Å². The van der Waals surface area contributed by atoms with Gasteiger partial charge >= 0.3 is 0 Å². The summed E-state index contributed by atoms with van der Waals surface area (Å²) in [6, 6.07) is -0.114. The van der Waals surface area contributed by atoms with Gasteiger partial charge in [0.25, 0.3) is 0 Å². The van der Waals surface area contributed by atoms with Crippen molar-refractivity contribution in [3.8, 4) is 0 Å². The summed E-state index contributed by atoms with van der Waals surface area (Å²) < 4.78 is 25.4. The van der Waals surface area contributed by atoms with Gasteiger partial charge in [-0.25, -0.2) is 9.37 Å². The van der Waals surface area contributed by atoms with Gasteiger partial charge in [0, 0.05) is 6.07 Å². The number of Topliss-reactive ketones (excluding diaryl/α,β-unsaturated/α-hetero) is 1. The molecule has 0 aliphatic rings. The molecule has 70 valence electrons. The maximum atomic E-state index is 12.9. The van der Waals surface area contributed by atoms with Crippen LogP contribution in [0.5, 0.6) is 0 Å². The van der Waals surface area contributed by atoms with E-state index in [0.717, 1.165) is 6.07 Å². The number of hydrogen-bond acceptors (Lipinski definition) is 3. The molecule has 0 bridgehead atoms. The highest BCUT2D eigenvalue weighted by molar-refractivity contribution is 5.99. The van der Waals surface area contributed by atoms with E-state index in [-0.39, 0.29) is 5.56 Å². The van der Waals surface area contributed by atoms with Crippen LogP contribution in [0, 0.1) is 11.8 Å². The van der Waals surface area contributed by atoms with Crippen LogP contribution in [0.4, 0.5) is 8.78 Å². The fourth-order valence-electron chi connectivity index (χ4n) is 0.847. The van der Waals surface area contributed by atoms with Crippen molar-refractivity contribution in [2.24, 2.45) is 5.73 Å². The summed E-state index contributed by atoms with van der Waals surface area (Å²) >= 11 is 0. The molecule has 0 saturated heterocycles. The topological polar surface area (TPSA) is 56.0 Å². The van der Waals surface area contributed by atoms with E-state index in [1.54, 1.807) is 0 Å². The van der Waals surface area contributed by atoms with Crippen LogP contribution >= 0.6 is 0 Å². The first-order valence-electron chi connectivity index (χ1n) is 3.63. The molecule has 0 fully saturated rings. The summed E-state index contributed by atoms with van der Waals surface area (Å²) in [6.45, 7) is 1.40. The molecule has 1 rings (SSSR count). The zero-order valence-electron chi connectivity index (χ0n) is 6.92. The second-order valence-corrected chi connectivity index (χ2v) is 2.64. The van der Waals surface area contributed by atoms with Crippen LogP contribution in [-0.2, 0) is 0 Å². The second-order valence-electron chi connectivity index (χ2n) is 2.64. The van der Waals surface area contributed by atoms with Crippen LogP contribution in [0.2, 0.25) is 0 Å². The quantitative estimate of drug-likeness (QED) is 0.551. The van der Waals surface area contributed by atoms with E-state index in [2.05, 4.69) is 4.98 Å². The lowest BCUT2D eigenvalue weighted by atomic mass is 10.1. The van der Waals surface area contributed by atoms with Crippen molar-refractivity contribution < 1.29 is 13.6 Å². The number of halogens is 2. The van der Waals surface area contributed by atoms with Gasteiger partial charge in [-0.1, -0.05) is 0 Å². The molecule has 3 nitrogen and oxygen atoms in total. The molecule has 2 N–H and O–H groups in total. The highest BCUT2D eigenvalue weighted by Gasteiger charge is 2.16. The Hall–Kier alpha value is -1.36. The molecule has 0 spiro atoms. The molecule has 0 aliphatic carbocycles. The largest absolute Gasteiger partial charge is 0.321 e. The van der Waals surface area contributed by atoms with Crippen LogP contribution in [0.15, 0.2) is 12.3 Å². The van der Waals surface area contributed by atoms with Gasteiger partial charge in [0.05, 0.1) is 17.8 Å². The Morgan fingerprint density at radius 3 is 2.77 bits per heavy atom. The zero-order chi connectivity index (χ0) is 10.0. The van der Waals surface area contributed by atoms with Crippen molar-refractivity contribution in [3.05, 3.63) is 29.6 Å². The highest BCUT2D eigenvalue weighted by Crippen LogP contribution is 2.09. The molecule has 1 heterocycles. The molecule has 0 saturated carbocycles. The fourth-order valence-corrected chi connectivity index (χ4v) is 0.847. The summed E-state index contributed by atoms with van der Waals surface area (Å²) in [5, 5.41) is 0. The SMILES string of the molecule is CC(N)C(=O)c1cc(F)ncc1F. The summed E-state index contributed by atoms with van der Waals surface area (Å²) in [4.78, 5) is 14.2. The Morgan fingerprint density at radius 2 is 2.23 bits per heavy atom. The van der Waals surface area contributed by atoms with E-state index in [9.17, 15) is 13.6 Å². The van der Waals surface area contributed by atoms with Crippen LogP contribution in [-0.4, -0.2) is 16.8 Å². The second kappa shape index (κ2) is 3.57. The van der Waals surface area contributed by atoms with E-state index in [4.69, 9.17) is 5.73 Å². The standard InChI is InChI=1S/C8H8F2N2O/c1-4(11)8(13)5-2-7(10)12-3-6(5)9/h2-4H,11H2,1H3. The van der Waals surface area contributed by atoms with Crippen molar-refractivity contribution in [2.75, 3.05) is 0 Å². The first-order valence-corrected chi connectivity index (χ1v) is 3.63. The third-order valence-electron chi connectivity index (χ3n) is 1.50. The van der Waals surface area contributed by atoms with Crippen LogP contribution in [0.1, 0.15) is 17.3 Å². The zero-order valence-corrected chi connectivity index (χ0v) is 6.92. The van der Waals surface area contributed by atoms with Gasteiger partial charge in [-0.3, -0.25) is 4.79 Å². The van der Waals surface area contributed by atoms with E-state index < -0.39 is 23.6 Å². The van der Waals surface area contributed by atoms with Crippen LogP contribution in [0.25, 0.3) is 0 Å². The predicted octanol–water partition coefficient (Wildman–Crippen LogP) is 0.890. The first-order chi connectivity index (χ1) is 6.02. The maximum absolute atomic E-state index is 12.9. The molecule has 0 aromatic carbocycles. The number of ketones is 1. The molecular weight excluding hydrogens is 178 g/mol. The minimum atomic E-state index is -0.898. The third-order valence-corrected chi connectivity index (χ3v) is 1.50. The van der Waals surface area contributed by atoms with Gasteiger partial charge in [-0.15, -0.1) is 0 Å². The van der Waals surface area contributed by atoms with Gasteiger partial charge < -0.3 is 5.73 Å². The first kappa shape index (κ1) is 9.73. The smallest absolute Gasteiger partial charge is 0.213 e. The Labute approximate surface area is 73.6 Å². The minimum absolute atomic E-state index is 0.359. The molecule has 1 aromatic heterocycles. The number of pyridine rings is 1. The molecule has 0 aliphatic heterocycles. The van der Waals surface area contributed by atoms with Gasteiger partial charge in [-0.2, -0.15) is 4.39 Å². The summed E-state index contributed by atoms with van der Waals surface area (Å²) in [5.41, 5.74) is 4.87. The summed E-state index contributed by atoms with van der Waals surface area (Å²) in [6.07, 6.45) is 0.658. The lowest BCUT2D eigenvalue weighted by Crippen LogP contribution is -2.27.